The molecule has 0 aromatic carbocycles. The van der Waals surface area contributed by atoms with Gasteiger partial charge in [0.05, 0.1) is 17.4 Å². The fourth-order valence-corrected chi connectivity index (χ4v) is 7.41. The third-order valence-electron chi connectivity index (χ3n) is 7.66. The lowest BCUT2D eigenvalue weighted by atomic mass is 9.62. The molecule has 7 heteroatoms. The van der Waals surface area contributed by atoms with Crippen LogP contribution in [0, 0.1) is 23.7 Å². The average molecular weight is 443 g/mol. The van der Waals surface area contributed by atoms with Crippen LogP contribution >= 0.6 is 11.3 Å². The summed E-state index contributed by atoms with van der Waals surface area (Å²) in [6, 6.07) is 0.206. The summed E-state index contributed by atoms with van der Waals surface area (Å²) in [4.78, 5) is 39.7. The molecule has 6 rings (SSSR count). The van der Waals surface area contributed by atoms with Gasteiger partial charge in [-0.3, -0.25) is 14.4 Å². The summed E-state index contributed by atoms with van der Waals surface area (Å²) in [6.45, 7) is 0. The van der Waals surface area contributed by atoms with E-state index in [1.165, 1.54) is 22.6 Å². The number of nitrogens with one attached hydrogen (secondary N) is 2. The molecule has 3 N–H and O–H groups in total. The van der Waals surface area contributed by atoms with Crippen molar-refractivity contribution in [2.45, 2.75) is 70.3 Å². The van der Waals surface area contributed by atoms with Gasteiger partial charge in [0.2, 0.25) is 5.91 Å². The molecule has 4 atom stereocenters. The monoisotopic (exact) mass is 442 g/mol. The molecule has 1 aromatic rings. The van der Waals surface area contributed by atoms with E-state index < -0.39 is 17.8 Å². The molecule has 2 bridgehead atoms. The summed E-state index contributed by atoms with van der Waals surface area (Å²) in [6.07, 6.45) is 14.0. The van der Waals surface area contributed by atoms with Crippen LogP contribution < -0.4 is 10.6 Å². The van der Waals surface area contributed by atoms with Crippen LogP contribution in [0.1, 0.15) is 72.2 Å². The van der Waals surface area contributed by atoms with Crippen molar-refractivity contribution in [3.8, 4) is 0 Å². The second kappa shape index (κ2) is 8.41. The maximum Gasteiger partial charge on any atom is 0.307 e. The molecule has 1 heterocycles. The zero-order valence-electron chi connectivity index (χ0n) is 17.7. The van der Waals surface area contributed by atoms with E-state index in [9.17, 15) is 19.5 Å². The molecule has 0 aliphatic heterocycles. The topological polar surface area (TPSA) is 95.5 Å². The lowest BCUT2D eigenvalue weighted by Crippen LogP contribution is -2.47. The molecule has 166 valence electrons. The van der Waals surface area contributed by atoms with Crippen LogP contribution in [0.4, 0.5) is 5.00 Å². The summed E-state index contributed by atoms with van der Waals surface area (Å²) in [7, 11) is 0. The highest BCUT2D eigenvalue weighted by Crippen LogP contribution is 2.46. The summed E-state index contributed by atoms with van der Waals surface area (Å²) >= 11 is 1.50. The summed E-state index contributed by atoms with van der Waals surface area (Å²) in [5.74, 6) is -2.62. The Morgan fingerprint density at radius 2 is 1.61 bits per heavy atom. The number of hydrogen-bond acceptors (Lipinski definition) is 4. The molecular weight excluding hydrogens is 412 g/mol. The molecule has 0 unspecified atom stereocenters. The van der Waals surface area contributed by atoms with Crippen LogP contribution in [-0.4, -0.2) is 28.9 Å². The highest BCUT2D eigenvalue weighted by atomic mass is 32.1. The quantitative estimate of drug-likeness (QED) is 0.597. The van der Waals surface area contributed by atoms with Crippen molar-refractivity contribution in [3.05, 3.63) is 28.2 Å². The first-order chi connectivity index (χ1) is 15.0. The van der Waals surface area contributed by atoms with E-state index in [1.807, 2.05) is 12.2 Å². The number of amides is 2. The van der Waals surface area contributed by atoms with Crippen LogP contribution in [0.3, 0.4) is 0 Å². The molecule has 2 amide bonds. The Bertz CT molecular complexity index is 930. The van der Waals surface area contributed by atoms with Gasteiger partial charge in [-0.15, -0.1) is 11.3 Å². The number of carboxylic acids is 1. The molecule has 0 saturated heterocycles. The van der Waals surface area contributed by atoms with Crippen molar-refractivity contribution in [1.29, 1.82) is 0 Å². The normalized spacial score (nSPS) is 29.5. The number of carbonyl (C=O) groups is 3. The predicted molar refractivity (Wildman–Crippen MR) is 119 cm³/mol. The number of rotatable bonds is 5. The first-order valence-electron chi connectivity index (χ1n) is 11.7. The van der Waals surface area contributed by atoms with Crippen LogP contribution in [0.2, 0.25) is 0 Å². The van der Waals surface area contributed by atoms with Crippen molar-refractivity contribution in [2.24, 2.45) is 23.7 Å². The summed E-state index contributed by atoms with van der Waals surface area (Å²) in [5, 5.41) is 16.6. The number of hydrogen-bond donors (Lipinski definition) is 3. The third kappa shape index (κ3) is 3.81. The smallest absolute Gasteiger partial charge is 0.307 e. The zero-order chi connectivity index (χ0) is 21.5. The Morgan fingerprint density at radius 1 is 0.903 bits per heavy atom. The van der Waals surface area contributed by atoms with Gasteiger partial charge in [0.25, 0.3) is 5.91 Å². The second-order valence-electron chi connectivity index (χ2n) is 9.54. The average Bonchev–Trinajstić information content (AvgIpc) is 3.35. The van der Waals surface area contributed by atoms with Gasteiger partial charge in [-0.1, -0.05) is 31.4 Å². The van der Waals surface area contributed by atoms with E-state index in [2.05, 4.69) is 10.6 Å². The Kier molecular flexibility index (Phi) is 5.63. The number of carboxylic acid groups (broad SMARTS) is 1. The maximum atomic E-state index is 13.3. The van der Waals surface area contributed by atoms with Gasteiger partial charge in [0, 0.05) is 10.9 Å². The zero-order valence-corrected chi connectivity index (χ0v) is 18.5. The minimum absolute atomic E-state index is 0.0441. The first kappa shape index (κ1) is 20.7. The van der Waals surface area contributed by atoms with Gasteiger partial charge in [-0.05, 0) is 62.3 Å². The largest absolute Gasteiger partial charge is 0.481 e. The fourth-order valence-electron chi connectivity index (χ4n) is 6.12. The van der Waals surface area contributed by atoms with Crippen molar-refractivity contribution < 1.29 is 19.5 Å². The number of aliphatic carboxylic acids is 1. The standard InChI is InChI=1S/C24H30N2O4S/c27-21(18-13-9-11-14(12-10-13)19(18)24(29)30)26-23-20(16-7-4-8-17(16)31-23)22(28)25-15-5-2-1-3-6-15/h9,11,13-15,18-19H,1-8,10,12H2,(H,25,28)(H,26,27)(H,29,30)/t13-,14+,18-,19+/m0/s1. The van der Waals surface area contributed by atoms with Gasteiger partial charge in [0.15, 0.2) is 0 Å². The number of carbonyl (C=O) groups excluding carboxylic acids is 2. The number of fused-ring (bicyclic) bond motifs is 3. The fraction of sp³-hybridized carbons (Fsp3) is 0.625. The lowest BCUT2D eigenvalue weighted by Gasteiger charge is -2.41. The van der Waals surface area contributed by atoms with Gasteiger partial charge >= 0.3 is 5.97 Å². The molecule has 31 heavy (non-hydrogen) atoms. The van der Waals surface area contributed by atoms with Crippen molar-refractivity contribution in [2.75, 3.05) is 5.32 Å². The molecule has 1 aromatic heterocycles. The highest BCUT2D eigenvalue weighted by molar-refractivity contribution is 7.17. The molecule has 2 saturated carbocycles. The Labute approximate surface area is 186 Å². The molecule has 0 radical (unpaired) electrons. The first-order valence-corrected chi connectivity index (χ1v) is 12.5. The summed E-state index contributed by atoms with van der Waals surface area (Å²) < 4.78 is 0. The lowest BCUT2D eigenvalue weighted by molar-refractivity contribution is -0.151. The van der Waals surface area contributed by atoms with Gasteiger partial charge in [-0.25, -0.2) is 0 Å². The van der Waals surface area contributed by atoms with E-state index >= 15 is 0 Å². The third-order valence-corrected chi connectivity index (χ3v) is 8.87. The number of aryl methyl sites for hydroxylation is 1. The molecule has 5 aliphatic rings. The van der Waals surface area contributed by atoms with Crippen molar-refractivity contribution >= 4 is 34.1 Å². The Balaban J connectivity index is 1.39. The molecule has 6 nitrogen and oxygen atoms in total. The van der Waals surface area contributed by atoms with Crippen LogP contribution in [0.25, 0.3) is 0 Å². The molecule has 5 aliphatic carbocycles. The number of thiophene rings is 1. The molecule has 0 spiro atoms. The van der Waals surface area contributed by atoms with E-state index in [4.69, 9.17) is 0 Å². The van der Waals surface area contributed by atoms with Crippen LogP contribution in [-0.2, 0) is 22.4 Å². The Morgan fingerprint density at radius 3 is 2.29 bits per heavy atom. The maximum absolute atomic E-state index is 13.3. The van der Waals surface area contributed by atoms with E-state index in [-0.39, 0.29) is 29.7 Å². The molecule has 2 fully saturated rings. The SMILES string of the molecule is O=C(NC1CCCCC1)c1c(NC(=O)[C@@H]2[C@H](C(=O)O)[C@@H]3C=C[C@H]2CC3)sc2c1CCC2. The number of anilines is 1. The van der Waals surface area contributed by atoms with E-state index in [0.29, 0.717) is 10.6 Å². The Hall–Kier alpha value is -2.15. The van der Waals surface area contributed by atoms with E-state index in [0.717, 1.165) is 63.4 Å². The van der Waals surface area contributed by atoms with Crippen molar-refractivity contribution in [1.82, 2.24) is 5.32 Å². The van der Waals surface area contributed by atoms with Gasteiger partial charge in [-0.2, -0.15) is 0 Å². The van der Waals surface area contributed by atoms with Crippen molar-refractivity contribution in [3.63, 3.8) is 0 Å². The van der Waals surface area contributed by atoms with E-state index in [1.54, 1.807) is 0 Å². The van der Waals surface area contributed by atoms with Crippen LogP contribution in [0.15, 0.2) is 12.2 Å². The summed E-state index contributed by atoms with van der Waals surface area (Å²) in [5.41, 5.74) is 1.70. The van der Waals surface area contributed by atoms with Gasteiger partial charge < -0.3 is 15.7 Å². The second-order valence-corrected chi connectivity index (χ2v) is 10.6. The minimum atomic E-state index is -0.900. The minimum Gasteiger partial charge on any atom is -0.481 e. The molecular formula is C24H30N2O4S. The van der Waals surface area contributed by atoms with Gasteiger partial charge in [0.1, 0.15) is 5.00 Å². The predicted octanol–water partition coefficient (Wildman–Crippen LogP) is 4.15. The highest BCUT2D eigenvalue weighted by Gasteiger charge is 2.48. The van der Waals surface area contributed by atoms with Crippen LogP contribution in [0.5, 0.6) is 0 Å². The number of allylic oxidation sites excluding steroid dienone is 2.